The number of nitriles is 1. The minimum atomic E-state index is -5.88. The second-order valence-corrected chi connectivity index (χ2v) is 9.24. The molecule has 18 heteroatoms. The van der Waals surface area contributed by atoms with Crippen molar-refractivity contribution in [3.05, 3.63) is 53.6 Å². The van der Waals surface area contributed by atoms with E-state index in [0.29, 0.717) is 44.1 Å². The summed E-state index contributed by atoms with van der Waals surface area (Å²) in [6, 6.07) is 4.42. The van der Waals surface area contributed by atoms with Gasteiger partial charge in [-0.25, -0.2) is 24.7 Å². The van der Waals surface area contributed by atoms with Gasteiger partial charge < -0.3 is 26.0 Å². The maximum Gasteiger partial charge on any atom is 0.490 e. The smallest absolute Gasteiger partial charge is 0.427 e. The molecular weight excluding hydrogens is 588 g/mol. The number of nitrogens with zero attached hydrogens (tertiary/aromatic N) is 7. The third kappa shape index (κ3) is 5.78. The number of rotatable bonds is 6. The lowest BCUT2D eigenvalue weighted by atomic mass is 9.88. The van der Waals surface area contributed by atoms with Crippen LogP contribution in [0.5, 0.6) is 0 Å². The molecule has 2 aromatic heterocycles. The summed E-state index contributed by atoms with van der Waals surface area (Å²) in [5, 5.41) is 9.31. The van der Waals surface area contributed by atoms with Gasteiger partial charge in [0.25, 0.3) is 5.91 Å². The van der Waals surface area contributed by atoms with E-state index in [9.17, 15) is 41.2 Å². The molecule has 43 heavy (non-hydrogen) atoms. The van der Waals surface area contributed by atoms with Crippen molar-refractivity contribution in [1.29, 1.82) is 5.26 Å². The van der Waals surface area contributed by atoms with Crippen LogP contribution < -0.4 is 21.3 Å². The number of aryl methyl sites for hydroxylation is 1. The molecule has 0 aliphatic carbocycles. The Morgan fingerprint density at radius 1 is 0.977 bits per heavy atom. The highest BCUT2D eigenvalue weighted by molar-refractivity contribution is 5.90. The predicted octanol–water partition coefficient (Wildman–Crippen LogP) is 2.37. The van der Waals surface area contributed by atoms with Crippen molar-refractivity contribution in [1.82, 2.24) is 19.9 Å². The summed E-state index contributed by atoms with van der Waals surface area (Å²) in [5.74, 6) is -5.13. The van der Waals surface area contributed by atoms with Crippen LogP contribution in [0.1, 0.15) is 16.8 Å². The highest BCUT2D eigenvalue weighted by atomic mass is 19.4. The van der Waals surface area contributed by atoms with Crippen molar-refractivity contribution < 1.29 is 40.7 Å². The van der Waals surface area contributed by atoms with Crippen LogP contribution in [0.25, 0.3) is 11.3 Å². The van der Waals surface area contributed by atoms with E-state index in [2.05, 4.69) is 24.7 Å². The fourth-order valence-electron chi connectivity index (χ4n) is 4.45. The van der Waals surface area contributed by atoms with E-state index in [4.69, 9.17) is 11.5 Å². The number of nitrogen functional groups attached to an aromatic ring is 1. The van der Waals surface area contributed by atoms with Crippen molar-refractivity contribution in [2.45, 2.75) is 24.9 Å². The summed E-state index contributed by atoms with van der Waals surface area (Å²) in [6.45, 7) is 2.82. The Hall–Kier alpha value is -5.21. The van der Waals surface area contributed by atoms with Crippen molar-refractivity contribution in [2.75, 3.05) is 41.7 Å². The summed E-state index contributed by atoms with van der Waals surface area (Å²) in [7, 11) is 0. The number of amides is 1. The highest BCUT2D eigenvalue weighted by Crippen LogP contribution is 2.45. The topological polar surface area (TPSA) is 177 Å². The molecule has 3 heterocycles. The minimum absolute atomic E-state index is 0.0240. The summed E-state index contributed by atoms with van der Waals surface area (Å²) in [4.78, 5) is 43.9. The first-order chi connectivity index (χ1) is 20.1. The van der Waals surface area contributed by atoms with Crippen molar-refractivity contribution in [3.8, 4) is 17.3 Å². The van der Waals surface area contributed by atoms with Crippen LogP contribution >= 0.6 is 0 Å². The Morgan fingerprint density at radius 3 is 2.14 bits per heavy atom. The molecule has 0 saturated carbocycles. The van der Waals surface area contributed by atoms with Gasteiger partial charge in [0.15, 0.2) is 23.1 Å². The molecular formula is C25H21F6N9O3. The zero-order chi connectivity index (χ0) is 31.7. The van der Waals surface area contributed by atoms with Gasteiger partial charge in [-0.2, -0.15) is 31.6 Å². The lowest BCUT2D eigenvalue weighted by molar-refractivity contribution is -0.280. The number of anilines is 3. The van der Waals surface area contributed by atoms with Gasteiger partial charge in [0.2, 0.25) is 0 Å². The second kappa shape index (κ2) is 11.2. The molecule has 0 spiro atoms. The number of carbonyl (C=O) groups is 2. The highest BCUT2D eigenvalue weighted by Gasteiger charge is 2.66. The van der Waals surface area contributed by atoms with Gasteiger partial charge in [-0.05, 0) is 18.6 Å². The van der Waals surface area contributed by atoms with E-state index in [1.807, 2.05) is 11.0 Å². The van der Waals surface area contributed by atoms with Crippen molar-refractivity contribution in [3.63, 3.8) is 0 Å². The van der Waals surface area contributed by atoms with Crippen LogP contribution in [0.3, 0.4) is 0 Å². The first-order valence-electron chi connectivity index (χ1n) is 12.2. The third-order valence-electron chi connectivity index (χ3n) is 6.59. The zero-order valence-electron chi connectivity index (χ0n) is 22.1. The summed E-state index contributed by atoms with van der Waals surface area (Å²) >= 11 is 0. The van der Waals surface area contributed by atoms with E-state index in [1.165, 1.54) is 19.3 Å². The number of alkyl halides is 6. The molecule has 4 N–H and O–H groups in total. The molecule has 4 rings (SSSR count). The van der Waals surface area contributed by atoms with E-state index < -0.39 is 35.4 Å². The predicted molar refractivity (Wildman–Crippen MR) is 137 cm³/mol. The van der Waals surface area contributed by atoms with Gasteiger partial charge in [-0.3, -0.25) is 4.79 Å². The third-order valence-corrected chi connectivity index (χ3v) is 6.59. The molecule has 226 valence electrons. The number of piperazine rings is 1. The van der Waals surface area contributed by atoms with Gasteiger partial charge in [-0.1, -0.05) is 12.1 Å². The van der Waals surface area contributed by atoms with Gasteiger partial charge in [0.05, 0.1) is 11.9 Å². The fourth-order valence-corrected chi connectivity index (χ4v) is 4.45. The van der Waals surface area contributed by atoms with E-state index in [-0.39, 0.29) is 34.2 Å². The summed E-state index contributed by atoms with van der Waals surface area (Å²) in [6.07, 6.45) is -7.77. The SMILES string of the molecule is Cc1ccc(C(OC(=O)C(F)(F)F)(C(N)=O)C(F)(F)F)cc1-c1cnc(N)c(N2CCN(c3nccnc3C#N)CC2)n1. The zero-order valence-corrected chi connectivity index (χ0v) is 22.1. The molecule has 1 saturated heterocycles. The summed E-state index contributed by atoms with van der Waals surface area (Å²) < 4.78 is 85.2. The number of esters is 1. The Morgan fingerprint density at radius 2 is 1.58 bits per heavy atom. The number of hydrogen-bond acceptors (Lipinski definition) is 11. The standard InChI is InChI=1S/C25H21F6N9O3/c1-13-2-3-14(23(21(34)41,25(29,30)31)43-22(42)24(26,27)28)10-15(13)17-12-37-18(33)20(38-17)40-8-6-39(7-9-40)19-16(11-32)35-4-5-36-19/h2-5,10,12H,6-9H2,1H3,(H2,33,37)(H2,34,41). The quantitative estimate of drug-likeness (QED) is 0.310. The Balaban J connectivity index is 1.71. The number of benzene rings is 1. The number of hydrogen-bond donors (Lipinski definition) is 2. The second-order valence-electron chi connectivity index (χ2n) is 9.24. The average molecular weight is 609 g/mol. The average Bonchev–Trinajstić information content (AvgIpc) is 2.95. The van der Waals surface area contributed by atoms with Crippen molar-refractivity contribution >= 4 is 29.3 Å². The van der Waals surface area contributed by atoms with Crippen LogP contribution in [0.4, 0.5) is 43.8 Å². The lowest BCUT2D eigenvalue weighted by Crippen LogP contribution is -2.57. The number of aromatic nitrogens is 4. The van der Waals surface area contributed by atoms with Crippen molar-refractivity contribution in [2.24, 2.45) is 5.73 Å². The lowest BCUT2D eigenvalue weighted by Gasteiger charge is -2.36. The monoisotopic (exact) mass is 609 g/mol. The van der Waals surface area contributed by atoms with Gasteiger partial charge >= 0.3 is 23.9 Å². The van der Waals surface area contributed by atoms with Gasteiger partial charge in [0.1, 0.15) is 6.07 Å². The molecule has 0 radical (unpaired) electrons. The molecule has 0 bridgehead atoms. The maximum absolute atomic E-state index is 14.2. The molecule has 1 aliphatic rings. The molecule has 1 amide bonds. The number of primary amides is 1. The molecule has 1 aliphatic heterocycles. The Kier molecular flexibility index (Phi) is 8.03. The first-order valence-corrected chi connectivity index (χ1v) is 12.2. The van der Waals surface area contributed by atoms with Crippen LogP contribution in [0, 0.1) is 18.3 Å². The Bertz CT molecular complexity index is 1600. The summed E-state index contributed by atoms with van der Waals surface area (Å²) in [5.41, 5.74) is 5.63. The van der Waals surface area contributed by atoms with Crippen LogP contribution in [0.2, 0.25) is 0 Å². The minimum Gasteiger partial charge on any atom is -0.427 e. The van der Waals surface area contributed by atoms with E-state index in [1.54, 1.807) is 4.90 Å². The number of nitrogens with two attached hydrogens (primary N) is 2. The van der Waals surface area contributed by atoms with Crippen LogP contribution in [-0.2, 0) is 19.9 Å². The molecule has 1 fully saturated rings. The normalized spacial score (nSPS) is 15.4. The van der Waals surface area contributed by atoms with E-state index >= 15 is 0 Å². The van der Waals surface area contributed by atoms with Gasteiger partial charge in [0, 0.05) is 49.7 Å². The van der Waals surface area contributed by atoms with Crippen LogP contribution in [-0.4, -0.2) is 70.3 Å². The first kappa shape index (κ1) is 30.7. The molecule has 12 nitrogen and oxygen atoms in total. The molecule has 1 aromatic carbocycles. The number of ether oxygens (including phenoxy) is 1. The van der Waals surface area contributed by atoms with E-state index in [0.717, 1.165) is 12.3 Å². The Labute approximate surface area is 238 Å². The molecule has 1 atom stereocenters. The maximum atomic E-state index is 14.2. The largest absolute Gasteiger partial charge is 0.490 e. The molecule has 1 unspecified atom stereocenters. The van der Waals surface area contributed by atoms with Crippen LogP contribution in [0.15, 0.2) is 36.8 Å². The number of carbonyl (C=O) groups excluding carboxylic acids is 2. The number of halogens is 6. The molecule has 3 aromatic rings. The fraction of sp³-hybridized carbons (Fsp3) is 0.320. The van der Waals surface area contributed by atoms with Gasteiger partial charge in [-0.15, -0.1) is 0 Å².